The summed E-state index contributed by atoms with van der Waals surface area (Å²) in [4.78, 5) is 26.5. The molecule has 1 aliphatic rings. The van der Waals surface area contributed by atoms with Crippen LogP contribution in [0.25, 0.3) is 10.9 Å². The molecule has 2 heterocycles. The SMILES string of the molecule is CC(C)Cn1c(=O)n(Cc2cnn(C)c2)c(=O)c2cc(S(=O)(=O)NC3(C)CC3)ccc21. The van der Waals surface area contributed by atoms with Crippen LogP contribution in [0.15, 0.2) is 45.1 Å². The summed E-state index contributed by atoms with van der Waals surface area (Å²) in [6, 6.07) is 4.39. The second-order valence-corrected chi connectivity index (χ2v) is 10.7. The number of aromatic nitrogens is 4. The number of nitrogens with zero attached hydrogens (tertiary/aromatic N) is 4. The van der Waals surface area contributed by atoms with E-state index in [1.807, 2.05) is 20.8 Å². The molecule has 1 aromatic carbocycles. The highest BCUT2D eigenvalue weighted by Crippen LogP contribution is 2.36. The molecule has 0 radical (unpaired) electrons. The first-order chi connectivity index (χ1) is 14.5. The maximum Gasteiger partial charge on any atom is 0.331 e. The van der Waals surface area contributed by atoms with E-state index in [0.717, 1.165) is 17.4 Å². The lowest BCUT2D eigenvalue weighted by atomic mass is 10.2. The normalized spacial score (nSPS) is 15.6. The molecule has 0 spiro atoms. The molecule has 1 N–H and O–H groups in total. The highest BCUT2D eigenvalue weighted by Gasteiger charge is 2.41. The molecule has 166 valence electrons. The first-order valence-corrected chi connectivity index (χ1v) is 11.8. The van der Waals surface area contributed by atoms with E-state index in [4.69, 9.17) is 0 Å². The molecule has 0 unspecified atom stereocenters. The van der Waals surface area contributed by atoms with Gasteiger partial charge in [-0.15, -0.1) is 0 Å². The molecule has 0 aliphatic heterocycles. The maximum absolute atomic E-state index is 13.3. The number of rotatable bonds is 7. The van der Waals surface area contributed by atoms with Gasteiger partial charge in [0.15, 0.2) is 0 Å². The first kappa shape index (κ1) is 21.5. The number of hydrogen-bond donors (Lipinski definition) is 1. The van der Waals surface area contributed by atoms with Crippen LogP contribution >= 0.6 is 0 Å². The number of benzene rings is 1. The van der Waals surface area contributed by atoms with Gasteiger partial charge in [0, 0.05) is 30.9 Å². The average Bonchev–Trinajstić information content (AvgIpc) is 3.25. The van der Waals surface area contributed by atoms with Crippen LogP contribution in [-0.2, 0) is 30.2 Å². The monoisotopic (exact) mass is 445 g/mol. The van der Waals surface area contributed by atoms with Crippen LogP contribution in [0.5, 0.6) is 0 Å². The van der Waals surface area contributed by atoms with Crippen LogP contribution in [-0.4, -0.2) is 32.9 Å². The third-order valence-electron chi connectivity index (χ3n) is 5.53. The van der Waals surface area contributed by atoms with Gasteiger partial charge in [-0.1, -0.05) is 13.8 Å². The van der Waals surface area contributed by atoms with Crippen molar-refractivity contribution in [2.75, 3.05) is 0 Å². The lowest BCUT2D eigenvalue weighted by molar-refractivity contribution is 0.496. The fourth-order valence-electron chi connectivity index (χ4n) is 3.66. The summed E-state index contributed by atoms with van der Waals surface area (Å²) in [5.74, 6) is 0.158. The summed E-state index contributed by atoms with van der Waals surface area (Å²) in [5.41, 5.74) is -0.218. The Morgan fingerprint density at radius 2 is 1.90 bits per heavy atom. The molecule has 0 bridgehead atoms. The smallest absolute Gasteiger partial charge is 0.293 e. The molecule has 2 aromatic heterocycles. The third-order valence-corrected chi connectivity index (χ3v) is 7.17. The lowest BCUT2D eigenvalue weighted by Gasteiger charge is -2.17. The summed E-state index contributed by atoms with van der Waals surface area (Å²) in [7, 11) is -2.02. The summed E-state index contributed by atoms with van der Waals surface area (Å²) in [6.07, 6.45) is 4.91. The Hall–Kier alpha value is -2.72. The molecule has 3 aromatic rings. The number of aryl methyl sites for hydroxylation is 1. The molecule has 9 nitrogen and oxygen atoms in total. The zero-order valence-electron chi connectivity index (χ0n) is 18.1. The summed E-state index contributed by atoms with van der Waals surface area (Å²) < 4.78 is 32.7. The minimum Gasteiger partial charge on any atom is -0.293 e. The van der Waals surface area contributed by atoms with E-state index in [9.17, 15) is 18.0 Å². The summed E-state index contributed by atoms with van der Waals surface area (Å²) in [6.45, 7) is 6.28. The Balaban J connectivity index is 1.91. The predicted octanol–water partition coefficient (Wildman–Crippen LogP) is 1.43. The van der Waals surface area contributed by atoms with Gasteiger partial charge in [-0.2, -0.15) is 5.10 Å². The van der Waals surface area contributed by atoms with Gasteiger partial charge in [-0.05, 0) is 43.9 Å². The van der Waals surface area contributed by atoms with Crippen molar-refractivity contribution < 1.29 is 8.42 Å². The number of fused-ring (bicyclic) bond motifs is 1. The minimum absolute atomic E-state index is 0.0212. The van der Waals surface area contributed by atoms with Gasteiger partial charge in [0.1, 0.15) is 0 Å². The molecule has 1 saturated carbocycles. The van der Waals surface area contributed by atoms with Crippen LogP contribution < -0.4 is 16.0 Å². The van der Waals surface area contributed by atoms with Gasteiger partial charge in [-0.25, -0.2) is 17.9 Å². The second kappa shape index (κ2) is 7.45. The van der Waals surface area contributed by atoms with Gasteiger partial charge >= 0.3 is 5.69 Å². The Kier molecular flexibility index (Phi) is 5.17. The standard InChI is InChI=1S/C21H27N5O4S/c1-14(2)11-25-18-6-5-16(31(29,30)23-21(3)7-8-21)9-17(18)19(27)26(20(25)28)13-15-10-22-24(4)12-15/h5-6,9-10,12,14,23H,7-8,11,13H2,1-4H3. The van der Waals surface area contributed by atoms with Crippen molar-refractivity contribution in [2.24, 2.45) is 13.0 Å². The van der Waals surface area contributed by atoms with Gasteiger partial charge in [-0.3, -0.25) is 18.6 Å². The molecule has 4 rings (SSSR count). The Labute approximate surface area is 180 Å². The van der Waals surface area contributed by atoms with E-state index in [-0.39, 0.29) is 22.7 Å². The van der Waals surface area contributed by atoms with E-state index in [0.29, 0.717) is 17.6 Å². The van der Waals surface area contributed by atoms with E-state index < -0.39 is 26.8 Å². The van der Waals surface area contributed by atoms with Crippen molar-refractivity contribution in [1.29, 1.82) is 0 Å². The quantitative estimate of drug-likeness (QED) is 0.592. The number of hydrogen-bond acceptors (Lipinski definition) is 5. The zero-order valence-corrected chi connectivity index (χ0v) is 18.9. The van der Waals surface area contributed by atoms with Crippen molar-refractivity contribution in [3.8, 4) is 0 Å². The number of sulfonamides is 1. The minimum atomic E-state index is -3.78. The zero-order chi connectivity index (χ0) is 22.6. The average molecular weight is 446 g/mol. The van der Waals surface area contributed by atoms with Crippen molar-refractivity contribution in [3.63, 3.8) is 0 Å². The Morgan fingerprint density at radius 1 is 1.19 bits per heavy atom. The predicted molar refractivity (Wildman–Crippen MR) is 118 cm³/mol. The Morgan fingerprint density at radius 3 is 2.48 bits per heavy atom. The van der Waals surface area contributed by atoms with Crippen molar-refractivity contribution in [1.82, 2.24) is 23.6 Å². The van der Waals surface area contributed by atoms with E-state index in [1.165, 1.54) is 12.1 Å². The topological polar surface area (TPSA) is 108 Å². The fourth-order valence-corrected chi connectivity index (χ4v) is 5.15. The summed E-state index contributed by atoms with van der Waals surface area (Å²) in [5, 5.41) is 4.30. The molecular weight excluding hydrogens is 418 g/mol. The van der Waals surface area contributed by atoms with Crippen LogP contribution in [0.1, 0.15) is 39.2 Å². The largest absolute Gasteiger partial charge is 0.331 e. The van der Waals surface area contributed by atoms with Crippen molar-refractivity contribution in [3.05, 3.63) is 57.0 Å². The highest BCUT2D eigenvalue weighted by molar-refractivity contribution is 7.89. The molecule has 31 heavy (non-hydrogen) atoms. The van der Waals surface area contributed by atoms with Crippen LogP contribution in [0.3, 0.4) is 0 Å². The van der Waals surface area contributed by atoms with Crippen molar-refractivity contribution in [2.45, 2.75) is 57.1 Å². The van der Waals surface area contributed by atoms with E-state index in [2.05, 4.69) is 9.82 Å². The second-order valence-electron chi connectivity index (χ2n) is 9.05. The molecule has 1 fully saturated rings. The van der Waals surface area contributed by atoms with Gasteiger partial charge < -0.3 is 0 Å². The lowest BCUT2D eigenvalue weighted by Crippen LogP contribution is -2.41. The van der Waals surface area contributed by atoms with Crippen LogP contribution in [0.4, 0.5) is 0 Å². The first-order valence-electron chi connectivity index (χ1n) is 10.3. The Bertz CT molecular complexity index is 1380. The highest BCUT2D eigenvalue weighted by atomic mass is 32.2. The van der Waals surface area contributed by atoms with Gasteiger partial charge in [0.05, 0.1) is 28.5 Å². The molecular formula is C21H27N5O4S. The molecule has 10 heteroatoms. The van der Waals surface area contributed by atoms with Crippen LogP contribution in [0.2, 0.25) is 0 Å². The summed E-state index contributed by atoms with van der Waals surface area (Å²) >= 11 is 0. The van der Waals surface area contributed by atoms with Crippen molar-refractivity contribution >= 4 is 20.9 Å². The van der Waals surface area contributed by atoms with E-state index >= 15 is 0 Å². The molecule has 0 atom stereocenters. The maximum atomic E-state index is 13.3. The van der Waals surface area contributed by atoms with Crippen LogP contribution in [0, 0.1) is 5.92 Å². The third kappa shape index (κ3) is 4.22. The number of nitrogens with one attached hydrogen (secondary N) is 1. The molecule has 0 amide bonds. The molecule has 0 saturated heterocycles. The van der Waals surface area contributed by atoms with E-state index in [1.54, 1.807) is 34.8 Å². The van der Waals surface area contributed by atoms with Gasteiger partial charge in [0.25, 0.3) is 5.56 Å². The fraction of sp³-hybridized carbons (Fsp3) is 0.476. The molecule has 1 aliphatic carbocycles. The van der Waals surface area contributed by atoms with Gasteiger partial charge in [0.2, 0.25) is 10.0 Å².